The van der Waals surface area contributed by atoms with Crippen LogP contribution in [0.15, 0.2) is 36.4 Å². The molecule has 2 aromatic rings. The van der Waals surface area contributed by atoms with Crippen molar-refractivity contribution >= 4 is 40.7 Å². The van der Waals surface area contributed by atoms with E-state index in [1.165, 1.54) is 22.8 Å². The Morgan fingerprint density at radius 1 is 1.19 bits per heavy atom. The second kappa shape index (κ2) is 7.82. The minimum atomic E-state index is -0.697. The highest BCUT2D eigenvalue weighted by Gasteiger charge is 2.36. The van der Waals surface area contributed by atoms with E-state index in [4.69, 9.17) is 23.2 Å². The zero-order chi connectivity index (χ0) is 19.7. The summed E-state index contributed by atoms with van der Waals surface area (Å²) in [6.07, 6.45) is 0.123. The lowest BCUT2D eigenvalue weighted by Crippen LogP contribution is -2.58. The molecule has 0 saturated carbocycles. The summed E-state index contributed by atoms with van der Waals surface area (Å²) in [6.45, 7) is 1.27. The van der Waals surface area contributed by atoms with Crippen molar-refractivity contribution in [3.63, 3.8) is 0 Å². The third-order valence-corrected chi connectivity index (χ3v) is 5.13. The highest BCUT2D eigenvalue weighted by Crippen LogP contribution is 2.35. The predicted molar refractivity (Wildman–Crippen MR) is 100 cm³/mol. The molecule has 142 valence electrons. The van der Waals surface area contributed by atoms with Gasteiger partial charge < -0.3 is 9.80 Å². The van der Waals surface area contributed by atoms with Gasteiger partial charge in [-0.3, -0.25) is 9.59 Å². The number of piperazine rings is 1. The average Bonchev–Trinajstić information content (AvgIpc) is 2.59. The fraction of sp³-hybridized carbons (Fsp3) is 0.263. The first-order chi connectivity index (χ1) is 12.8. The number of carbonyl (C=O) groups is 2. The Balaban J connectivity index is 1.94. The minimum absolute atomic E-state index is 0.0959. The number of para-hydroxylation sites is 1. The zero-order valence-electron chi connectivity index (χ0n) is 14.4. The number of anilines is 1. The molecule has 2 aromatic carbocycles. The van der Waals surface area contributed by atoms with E-state index in [0.29, 0.717) is 15.7 Å². The average molecular weight is 413 g/mol. The summed E-state index contributed by atoms with van der Waals surface area (Å²) < 4.78 is 27.3. The number of hydrogen-bond acceptors (Lipinski definition) is 2. The van der Waals surface area contributed by atoms with Crippen LogP contribution in [-0.4, -0.2) is 35.8 Å². The Kier molecular flexibility index (Phi) is 5.67. The molecule has 2 amide bonds. The van der Waals surface area contributed by atoms with Gasteiger partial charge in [0.05, 0.1) is 21.8 Å². The van der Waals surface area contributed by atoms with Crippen molar-refractivity contribution < 1.29 is 18.4 Å². The van der Waals surface area contributed by atoms with Crippen LogP contribution < -0.4 is 4.90 Å². The van der Waals surface area contributed by atoms with Gasteiger partial charge in [0.25, 0.3) is 0 Å². The van der Waals surface area contributed by atoms with E-state index in [-0.39, 0.29) is 36.9 Å². The maximum atomic E-state index is 14.1. The molecule has 0 bridgehead atoms. The molecule has 1 atom stereocenters. The maximum absolute atomic E-state index is 14.1. The Bertz CT molecular complexity index is 887. The molecule has 0 aromatic heterocycles. The molecule has 1 heterocycles. The lowest BCUT2D eigenvalue weighted by Gasteiger charge is -2.41. The highest BCUT2D eigenvalue weighted by atomic mass is 35.5. The van der Waals surface area contributed by atoms with Crippen molar-refractivity contribution in [2.24, 2.45) is 0 Å². The van der Waals surface area contributed by atoms with Gasteiger partial charge in [0, 0.05) is 19.5 Å². The minimum Gasteiger partial charge on any atom is -0.328 e. The van der Waals surface area contributed by atoms with Crippen LogP contribution in [0.1, 0.15) is 12.5 Å². The van der Waals surface area contributed by atoms with Crippen LogP contribution in [0.3, 0.4) is 0 Å². The Hall–Kier alpha value is -2.18. The van der Waals surface area contributed by atoms with E-state index in [1.54, 1.807) is 18.2 Å². The Morgan fingerprint density at radius 2 is 1.85 bits per heavy atom. The number of benzene rings is 2. The fourth-order valence-electron chi connectivity index (χ4n) is 3.22. The van der Waals surface area contributed by atoms with Crippen molar-refractivity contribution in [3.05, 3.63) is 63.6 Å². The summed E-state index contributed by atoms with van der Waals surface area (Å²) >= 11 is 12.4. The molecule has 0 spiro atoms. The molecule has 0 aliphatic carbocycles. The second-order valence-corrected chi connectivity index (χ2v) is 7.13. The van der Waals surface area contributed by atoms with Crippen molar-refractivity contribution in [2.45, 2.75) is 19.4 Å². The topological polar surface area (TPSA) is 40.6 Å². The van der Waals surface area contributed by atoms with Gasteiger partial charge in [0.15, 0.2) is 0 Å². The van der Waals surface area contributed by atoms with Gasteiger partial charge >= 0.3 is 0 Å². The second-order valence-electron chi connectivity index (χ2n) is 6.32. The Morgan fingerprint density at radius 3 is 2.44 bits per heavy atom. The van der Waals surface area contributed by atoms with E-state index >= 15 is 0 Å². The van der Waals surface area contributed by atoms with Crippen molar-refractivity contribution in [1.82, 2.24) is 4.90 Å². The van der Waals surface area contributed by atoms with Crippen LogP contribution in [0.2, 0.25) is 10.0 Å². The van der Waals surface area contributed by atoms with Crippen LogP contribution >= 0.6 is 23.2 Å². The van der Waals surface area contributed by atoms with Crippen LogP contribution in [-0.2, 0) is 16.0 Å². The molecule has 1 aliphatic heterocycles. The number of rotatable bonds is 3. The maximum Gasteiger partial charge on any atom is 0.246 e. The number of nitrogens with zero attached hydrogens (tertiary/aromatic N) is 2. The first-order valence-corrected chi connectivity index (χ1v) is 8.99. The van der Waals surface area contributed by atoms with Gasteiger partial charge in [-0.15, -0.1) is 0 Å². The molecule has 1 aliphatic rings. The lowest BCUT2D eigenvalue weighted by molar-refractivity contribution is -0.137. The van der Waals surface area contributed by atoms with Crippen LogP contribution in [0, 0.1) is 11.6 Å². The summed E-state index contributed by atoms with van der Waals surface area (Å²) in [5.41, 5.74) is 0.616. The SMILES string of the molecule is CC(=O)N1CC(=O)N(c2c(Cl)cccc2Cl)CC1Cc1ccc(F)cc1F. The van der Waals surface area contributed by atoms with Gasteiger partial charge in [-0.05, 0) is 30.2 Å². The predicted octanol–water partition coefficient (Wildman–Crippen LogP) is 4.08. The molecular formula is C19H16Cl2F2N2O2. The van der Waals surface area contributed by atoms with Gasteiger partial charge in [-0.1, -0.05) is 35.3 Å². The van der Waals surface area contributed by atoms with Crippen LogP contribution in [0.4, 0.5) is 14.5 Å². The fourth-order valence-corrected chi connectivity index (χ4v) is 3.82. The number of amides is 2. The van der Waals surface area contributed by atoms with Crippen LogP contribution in [0.25, 0.3) is 0 Å². The van der Waals surface area contributed by atoms with E-state index < -0.39 is 17.7 Å². The van der Waals surface area contributed by atoms with E-state index in [2.05, 4.69) is 0 Å². The van der Waals surface area contributed by atoms with Gasteiger partial charge in [-0.2, -0.15) is 0 Å². The summed E-state index contributed by atoms with van der Waals surface area (Å²) in [5, 5.41) is 0.609. The highest BCUT2D eigenvalue weighted by molar-refractivity contribution is 6.40. The first kappa shape index (κ1) is 19.6. The molecule has 1 fully saturated rings. The Labute approximate surface area is 165 Å². The normalized spacial score (nSPS) is 17.4. The van der Waals surface area contributed by atoms with Gasteiger partial charge in [0.2, 0.25) is 11.8 Å². The van der Waals surface area contributed by atoms with Crippen molar-refractivity contribution in [2.75, 3.05) is 18.0 Å². The molecule has 4 nitrogen and oxygen atoms in total. The van der Waals surface area contributed by atoms with E-state index in [1.807, 2.05) is 0 Å². The summed E-state index contributed by atoms with van der Waals surface area (Å²) in [5.74, 6) is -2.02. The van der Waals surface area contributed by atoms with E-state index in [0.717, 1.165) is 12.1 Å². The van der Waals surface area contributed by atoms with E-state index in [9.17, 15) is 18.4 Å². The first-order valence-electron chi connectivity index (χ1n) is 8.23. The number of carbonyl (C=O) groups excluding carboxylic acids is 2. The molecule has 1 unspecified atom stereocenters. The molecule has 3 rings (SSSR count). The smallest absolute Gasteiger partial charge is 0.246 e. The largest absolute Gasteiger partial charge is 0.328 e. The molecule has 0 N–H and O–H groups in total. The molecule has 0 radical (unpaired) electrons. The standard InChI is InChI=1S/C19H16Cl2F2N2O2/c1-11(26)24-10-18(27)25(19-15(20)3-2-4-16(19)21)9-14(24)7-12-5-6-13(22)8-17(12)23/h2-6,8,14H,7,9-10H2,1H3. The van der Waals surface area contributed by atoms with Crippen molar-refractivity contribution in [3.8, 4) is 0 Å². The summed E-state index contributed by atoms with van der Waals surface area (Å²) in [7, 11) is 0. The van der Waals surface area contributed by atoms with Gasteiger partial charge in [0.1, 0.15) is 18.2 Å². The third kappa shape index (κ3) is 4.06. The lowest BCUT2D eigenvalue weighted by atomic mass is 10.0. The number of hydrogen-bond donors (Lipinski definition) is 0. The monoisotopic (exact) mass is 412 g/mol. The van der Waals surface area contributed by atoms with Crippen molar-refractivity contribution in [1.29, 1.82) is 0 Å². The molecule has 27 heavy (non-hydrogen) atoms. The van der Waals surface area contributed by atoms with Gasteiger partial charge in [-0.25, -0.2) is 8.78 Å². The summed E-state index contributed by atoms with van der Waals surface area (Å²) in [4.78, 5) is 27.4. The number of halogens is 4. The molecule has 1 saturated heterocycles. The molecular weight excluding hydrogens is 397 g/mol. The quantitative estimate of drug-likeness (QED) is 0.761. The van der Waals surface area contributed by atoms with Crippen LogP contribution in [0.5, 0.6) is 0 Å². The summed E-state index contributed by atoms with van der Waals surface area (Å²) in [6, 6.07) is 7.68. The zero-order valence-corrected chi connectivity index (χ0v) is 15.9. The molecule has 8 heteroatoms. The third-order valence-electron chi connectivity index (χ3n) is 4.52.